The highest BCUT2D eigenvalue weighted by atomic mass is 19.4. The Labute approximate surface area is 162 Å². The van der Waals surface area contributed by atoms with E-state index in [0.29, 0.717) is 12.1 Å². The third kappa shape index (κ3) is 4.50. The van der Waals surface area contributed by atoms with Crippen LogP contribution in [0.15, 0.2) is 36.4 Å². The van der Waals surface area contributed by atoms with Gasteiger partial charge in [0.2, 0.25) is 0 Å². The Balaban J connectivity index is 2.36. The fraction of sp³-hybridized carbons (Fsp3) is 0.176. The first-order chi connectivity index (χ1) is 13.8. The van der Waals surface area contributed by atoms with Crippen LogP contribution in [0.4, 0.5) is 35.1 Å². The van der Waals surface area contributed by atoms with Gasteiger partial charge in [0, 0.05) is 0 Å². The van der Waals surface area contributed by atoms with E-state index in [0.717, 1.165) is 29.7 Å². The third-order valence-corrected chi connectivity index (χ3v) is 3.85. The SMILES string of the molecule is O=C(NO)C(NC(=O)C(F)(F)C(F)(F)F)c1ccc(-c2cc(F)c(F)c(F)c2)cc1. The molecule has 0 bridgehead atoms. The van der Waals surface area contributed by atoms with Crippen molar-refractivity contribution in [3.05, 3.63) is 59.4 Å². The first kappa shape index (κ1) is 23.1. The molecule has 162 valence electrons. The minimum atomic E-state index is -6.24. The lowest BCUT2D eigenvalue weighted by Gasteiger charge is -2.23. The molecule has 2 rings (SSSR count). The van der Waals surface area contributed by atoms with Crippen LogP contribution in [0.25, 0.3) is 11.1 Å². The molecule has 30 heavy (non-hydrogen) atoms. The molecule has 3 N–H and O–H groups in total. The second-order valence-electron chi connectivity index (χ2n) is 5.83. The normalized spacial score (nSPS) is 13.0. The molecule has 0 saturated heterocycles. The van der Waals surface area contributed by atoms with Gasteiger partial charge < -0.3 is 5.32 Å². The number of nitrogens with one attached hydrogen (secondary N) is 2. The van der Waals surface area contributed by atoms with E-state index < -0.39 is 47.4 Å². The van der Waals surface area contributed by atoms with Crippen molar-refractivity contribution in [2.24, 2.45) is 0 Å². The molecule has 0 radical (unpaired) electrons. The van der Waals surface area contributed by atoms with Gasteiger partial charge in [0.05, 0.1) is 0 Å². The maximum absolute atomic E-state index is 13.3. The summed E-state index contributed by atoms with van der Waals surface area (Å²) in [6.45, 7) is 0. The van der Waals surface area contributed by atoms with E-state index in [-0.39, 0.29) is 16.7 Å². The number of carbonyl (C=O) groups excluding carboxylic acids is 2. The Bertz CT molecular complexity index is 937. The van der Waals surface area contributed by atoms with E-state index in [1.807, 2.05) is 0 Å². The molecule has 0 heterocycles. The Morgan fingerprint density at radius 1 is 0.867 bits per heavy atom. The minimum Gasteiger partial charge on any atom is -0.335 e. The molecule has 1 unspecified atom stereocenters. The van der Waals surface area contributed by atoms with Crippen LogP contribution in [0.5, 0.6) is 0 Å². The summed E-state index contributed by atoms with van der Waals surface area (Å²) in [6.07, 6.45) is -6.24. The topological polar surface area (TPSA) is 78.4 Å². The summed E-state index contributed by atoms with van der Waals surface area (Å²) in [6, 6.07) is 3.11. The predicted octanol–water partition coefficient (Wildman–Crippen LogP) is 3.63. The highest BCUT2D eigenvalue weighted by molar-refractivity contribution is 5.91. The van der Waals surface area contributed by atoms with E-state index in [9.17, 15) is 44.7 Å². The molecule has 0 fully saturated rings. The second-order valence-corrected chi connectivity index (χ2v) is 5.83. The van der Waals surface area contributed by atoms with Crippen molar-refractivity contribution in [1.29, 1.82) is 0 Å². The second kappa shape index (κ2) is 8.26. The number of hydrogen-bond donors (Lipinski definition) is 3. The minimum absolute atomic E-state index is 0.0478. The van der Waals surface area contributed by atoms with E-state index in [1.165, 1.54) is 5.32 Å². The van der Waals surface area contributed by atoms with Crippen molar-refractivity contribution < 1.29 is 49.9 Å². The summed E-state index contributed by atoms with van der Waals surface area (Å²) in [5.74, 6) is -15.0. The predicted molar refractivity (Wildman–Crippen MR) is 83.6 cm³/mol. The lowest BCUT2D eigenvalue weighted by molar-refractivity contribution is -0.270. The van der Waals surface area contributed by atoms with Crippen LogP contribution >= 0.6 is 0 Å². The molecule has 0 saturated carbocycles. The van der Waals surface area contributed by atoms with Gasteiger partial charge in [0.1, 0.15) is 6.04 Å². The van der Waals surface area contributed by atoms with E-state index >= 15 is 0 Å². The zero-order valence-electron chi connectivity index (χ0n) is 14.3. The average molecular weight is 442 g/mol. The first-order valence-electron chi connectivity index (χ1n) is 7.74. The van der Waals surface area contributed by atoms with Crippen molar-refractivity contribution in [3.63, 3.8) is 0 Å². The molecule has 13 heteroatoms. The van der Waals surface area contributed by atoms with E-state index in [4.69, 9.17) is 5.21 Å². The number of hydroxylamine groups is 1. The van der Waals surface area contributed by atoms with Gasteiger partial charge in [-0.25, -0.2) is 18.7 Å². The Morgan fingerprint density at radius 2 is 1.37 bits per heavy atom. The van der Waals surface area contributed by atoms with Crippen molar-refractivity contribution in [2.45, 2.75) is 18.1 Å². The molecule has 0 aromatic heterocycles. The largest absolute Gasteiger partial charge is 0.463 e. The third-order valence-electron chi connectivity index (χ3n) is 3.85. The number of alkyl halides is 5. The van der Waals surface area contributed by atoms with Crippen LogP contribution in [-0.4, -0.2) is 29.1 Å². The van der Waals surface area contributed by atoms with Gasteiger partial charge in [0.15, 0.2) is 17.5 Å². The van der Waals surface area contributed by atoms with Crippen molar-refractivity contribution in [1.82, 2.24) is 10.8 Å². The molecule has 0 aliphatic carbocycles. The van der Waals surface area contributed by atoms with Crippen LogP contribution in [0, 0.1) is 17.5 Å². The van der Waals surface area contributed by atoms with E-state index in [2.05, 4.69) is 0 Å². The Hall–Kier alpha value is -3.22. The van der Waals surface area contributed by atoms with Crippen LogP contribution in [0.3, 0.4) is 0 Å². The zero-order valence-corrected chi connectivity index (χ0v) is 14.3. The number of hydrogen-bond acceptors (Lipinski definition) is 3. The smallest absolute Gasteiger partial charge is 0.335 e. The summed E-state index contributed by atoms with van der Waals surface area (Å²) >= 11 is 0. The quantitative estimate of drug-likeness (QED) is 0.287. The zero-order chi connectivity index (χ0) is 22.9. The monoisotopic (exact) mass is 442 g/mol. The number of benzene rings is 2. The standard InChI is InChI=1S/C17H10F8N2O3/c18-10-5-9(6-11(19)12(10)20)7-1-3-8(4-2-7)13(14(28)27-30)26-15(29)16(21,22)17(23,24)25/h1-6,13,30H,(H,26,29)(H,27,28). The molecule has 1 atom stereocenters. The molecular formula is C17H10F8N2O3. The summed E-state index contributed by atoms with van der Waals surface area (Å²) in [5.41, 5.74) is 0.534. The summed E-state index contributed by atoms with van der Waals surface area (Å²) in [4.78, 5) is 23.0. The fourth-order valence-electron chi connectivity index (χ4n) is 2.31. The maximum atomic E-state index is 13.3. The number of rotatable bonds is 5. The molecule has 2 aromatic carbocycles. The lowest BCUT2D eigenvalue weighted by atomic mass is 10.00. The molecule has 0 spiro atoms. The highest BCUT2D eigenvalue weighted by Gasteiger charge is 2.63. The van der Waals surface area contributed by atoms with Gasteiger partial charge in [-0.1, -0.05) is 24.3 Å². The van der Waals surface area contributed by atoms with E-state index in [1.54, 1.807) is 0 Å². The molecule has 0 aliphatic heterocycles. The van der Waals surface area contributed by atoms with Crippen molar-refractivity contribution in [3.8, 4) is 11.1 Å². The highest BCUT2D eigenvalue weighted by Crippen LogP contribution is 2.36. The lowest BCUT2D eigenvalue weighted by Crippen LogP contribution is -2.53. The van der Waals surface area contributed by atoms with Crippen LogP contribution in [0.2, 0.25) is 0 Å². The summed E-state index contributed by atoms with van der Waals surface area (Å²) < 4.78 is 103. The molecule has 5 nitrogen and oxygen atoms in total. The molecular weight excluding hydrogens is 432 g/mol. The van der Waals surface area contributed by atoms with Crippen LogP contribution in [0.1, 0.15) is 11.6 Å². The molecule has 0 aliphatic rings. The molecule has 2 amide bonds. The number of amides is 2. The van der Waals surface area contributed by atoms with Crippen molar-refractivity contribution >= 4 is 11.8 Å². The van der Waals surface area contributed by atoms with Gasteiger partial charge in [-0.2, -0.15) is 22.0 Å². The van der Waals surface area contributed by atoms with Gasteiger partial charge in [-0.05, 0) is 28.8 Å². The first-order valence-corrected chi connectivity index (χ1v) is 7.74. The summed E-state index contributed by atoms with van der Waals surface area (Å²) in [5, 5.41) is 9.85. The van der Waals surface area contributed by atoms with Crippen LogP contribution in [-0.2, 0) is 9.59 Å². The van der Waals surface area contributed by atoms with Crippen molar-refractivity contribution in [2.75, 3.05) is 0 Å². The van der Waals surface area contributed by atoms with Gasteiger partial charge in [0.25, 0.3) is 5.91 Å². The van der Waals surface area contributed by atoms with Gasteiger partial charge in [-0.15, -0.1) is 0 Å². The number of halogens is 8. The number of carbonyl (C=O) groups is 2. The fourth-order valence-corrected chi connectivity index (χ4v) is 2.31. The maximum Gasteiger partial charge on any atom is 0.463 e. The Morgan fingerprint density at radius 3 is 1.80 bits per heavy atom. The average Bonchev–Trinajstić information content (AvgIpc) is 2.68. The summed E-state index contributed by atoms with van der Waals surface area (Å²) in [7, 11) is 0. The van der Waals surface area contributed by atoms with Gasteiger partial charge in [-0.3, -0.25) is 14.8 Å². The van der Waals surface area contributed by atoms with Crippen LogP contribution < -0.4 is 10.8 Å². The molecule has 2 aromatic rings. The van der Waals surface area contributed by atoms with Gasteiger partial charge >= 0.3 is 18.0 Å². The Kier molecular flexibility index (Phi) is 6.35.